The van der Waals surface area contributed by atoms with E-state index in [1.54, 1.807) is 61.5 Å². The maximum atomic E-state index is 13.9. The van der Waals surface area contributed by atoms with Gasteiger partial charge in [-0.15, -0.1) is 0 Å². The van der Waals surface area contributed by atoms with Gasteiger partial charge in [0, 0.05) is 10.7 Å². The van der Waals surface area contributed by atoms with Crippen molar-refractivity contribution in [3.8, 4) is 11.5 Å². The van der Waals surface area contributed by atoms with Gasteiger partial charge < -0.3 is 14.2 Å². The summed E-state index contributed by atoms with van der Waals surface area (Å²) in [4.78, 5) is 26.5. The molecule has 32 heavy (non-hydrogen) atoms. The summed E-state index contributed by atoms with van der Waals surface area (Å²) in [7, 11) is 0. The lowest BCUT2D eigenvalue weighted by molar-refractivity contribution is -0.152. The van der Waals surface area contributed by atoms with E-state index in [2.05, 4.69) is 0 Å². The number of anilines is 1. The molecule has 0 spiro atoms. The number of ether oxygens (including phenoxy) is 3. The van der Waals surface area contributed by atoms with Crippen LogP contribution in [0.15, 0.2) is 72.8 Å². The SMILES string of the molecule is CCOC(=O)C1OC(=O)N(c2ccc(Oc3ccc(Cl)cc3)cc2)C1c1cccc(F)c1. The zero-order valence-electron chi connectivity index (χ0n) is 17.0. The van der Waals surface area contributed by atoms with E-state index < -0.39 is 30.0 Å². The van der Waals surface area contributed by atoms with E-state index in [-0.39, 0.29) is 6.61 Å². The molecular weight excluding hydrogens is 437 g/mol. The number of hydrogen-bond donors (Lipinski definition) is 0. The summed E-state index contributed by atoms with van der Waals surface area (Å²) in [6, 6.07) is 18.4. The van der Waals surface area contributed by atoms with Gasteiger partial charge in [-0.1, -0.05) is 23.7 Å². The largest absolute Gasteiger partial charge is 0.463 e. The van der Waals surface area contributed by atoms with Gasteiger partial charge in [0.2, 0.25) is 6.10 Å². The Morgan fingerprint density at radius 2 is 1.72 bits per heavy atom. The van der Waals surface area contributed by atoms with Crippen LogP contribution < -0.4 is 9.64 Å². The lowest BCUT2D eigenvalue weighted by Gasteiger charge is -2.24. The second-order valence-corrected chi connectivity index (χ2v) is 7.41. The molecule has 1 aliphatic heterocycles. The van der Waals surface area contributed by atoms with Crippen molar-refractivity contribution in [2.45, 2.75) is 19.1 Å². The highest BCUT2D eigenvalue weighted by Crippen LogP contribution is 2.39. The van der Waals surface area contributed by atoms with Crippen molar-refractivity contribution in [3.05, 3.63) is 89.2 Å². The van der Waals surface area contributed by atoms with Crippen molar-refractivity contribution in [2.24, 2.45) is 0 Å². The second kappa shape index (κ2) is 9.28. The van der Waals surface area contributed by atoms with Crippen LogP contribution >= 0.6 is 11.6 Å². The van der Waals surface area contributed by atoms with Crippen molar-refractivity contribution < 1.29 is 28.2 Å². The number of benzene rings is 3. The molecule has 1 saturated heterocycles. The Morgan fingerprint density at radius 3 is 2.34 bits per heavy atom. The van der Waals surface area contributed by atoms with Gasteiger partial charge >= 0.3 is 12.1 Å². The molecular formula is C24H19ClFNO5. The predicted octanol–water partition coefficient (Wildman–Crippen LogP) is 5.90. The molecule has 0 N–H and O–H groups in total. The van der Waals surface area contributed by atoms with Crippen LogP contribution in [-0.2, 0) is 14.3 Å². The van der Waals surface area contributed by atoms with Gasteiger partial charge in [0.05, 0.1) is 6.61 Å². The first kappa shape index (κ1) is 21.6. The van der Waals surface area contributed by atoms with E-state index in [4.69, 9.17) is 25.8 Å². The minimum absolute atomic E-state index is 0.124. The topological polar surface area (TPSA) is 65.1 Å². The van der Waals surface area contributed by atoms with Gasteiger partial charge in [-0.25, -0.2) is 14.0 Å². The summed E-state index contributed by atoms with van der Waals surface area (Å²) in [5.41, 5.74) is 0.870. The van der Waals surface area contributed by atoms with Crippen LogP contribution in [0.4, 0.5) is 14.9 Å². The molecule has 0 aromatic heterocycles. The molecule has 0 aliphatic carbocycles. The summed E-state index contributed by atoms with van der Waals surface area (Å²) >= 11 is 5.89. The average Bonchev–Trinajstić information content (AvgIpc) is 3.13. The summed E-state index contributed by atoms with van der Waals surface area (Å²) < 4.78 is 30.1. The standard InChI is InChI=1S/C24H19ClFNO5/c1-2-30-23(28)22-21(15-4-3-5-17(26)14-15)27(24(29)32-22)18-8-12-20(13-9-18)31-19-10-6-16(25)7-11-19/h3-14,21-22H,2H2,1H3. The van der Waals surface area contributed by atoms with Crippen molar-refractivity contribution in [2.75, 3.05) is 11.5 Å². The Kier molecular flexibility index (Phi) is 6.28. The molecule has 0 saturated carbocycles. The fourth-order valence-corrected chi connectivity index (χ4v) is 3.60. The minimum Gasteiger partial charge on any atom is -0.463 e. The minimum atomic E-state index is -1.23. The zero-order chi connectivity index (χ0) is 22.7. The van der Waals surface area contributed by atoms with Crippen LogP contribution in [0.3, 0.4) is 0 Å². The van der Waals surface area contributed by atoms with Crippen LogP contribution in [0, 0.1) is 5.82 Å². The summed E-state index contributed by atoms with van der Waals surface area (Å²) in [6.07, 6.45) is -1.96. The second-order valence-electron chi connectivity index (χ2n) is 6.98. The highest BCUT2D eigenvalue weighted by Gasteiger charge is 2.48. The Balaban J connectivity index is 1.64. The van der Waals surface area contributed by atoms with Gasteiger partial charge in [0.25, 0.3) is 0 Å². The van der Waals surface area contributed by atoms with E-state index in [0.717, 1.165) is 0 Å². The van der Waals surface area contributed by atoms with Gasteiger partial charge in [-0.2, -0.15) is 0 Å². The van der Waals surface area contributed by atoms with Gasteiger partial charge in [-0.3, -0.25) is 4.90 Å². The number of halogens is 2. The van der Waals surface area contributed by atoms with E-state index >= 15 is 0 Å². The first-order valence-electron chi connectivity index (χ1n) is 9.91. The molecule has 4 rings (SSSR count). The molecule has 6 nitrogen and oxygen atoms in total. The van der Waals surface area contributed by atoms with E-state index in [9.17, 15) is 14.0 Å². The number of esters is 1. The molecule has 164 valence electrons. The van der Waals surface area contributed by atoms with Crippen molar-refractivity contribution in [1.82, 2.24) is 0 Å². The maximum absolute atomic E-state index is 13.9. The fourth-order valence-electron chi connectivity index (χ4n) is 3.47. The lowest BCUT2D eigenvalue weighted by atomic mass is 10.00. The number of hydrogen-bond acceptors (Lipinski definition) is 5. The quantitative estimate of drug-likeness (QED) is 0.433. The van der Waals surface area contributed by atoms with E-state index in [1.165, 1.54) is 23.1 Å². The Hall–Kier alpha value is -3.58. The third kappa shape index (κ3) is 4.53. The average molecular weight is 456 g/mol. The number of carbonyl (C=O) groups is 2. The summed E-state index contributed by atoms with van der Waals surface area (Å²) in [5, 5.41) is 0.597. The number of cyclic esters (lactones) is 1. The first-order valence-corrected chi connectivity index (χ1v) is 10.3. The van der Waals surface area contributed by atoms with E-state index in [0.29, 0.717) is 27.8 Å². The normalized spacial score (nSPS) is 17.7. The summed E-state index contributed by atoms with van der Waals surface area (Å²) in [6.45, 7) is 1.78. The third-order valence-corrected chi connectivity index (χ3v) is 5.11. The Bertz CT molecular complexity index is 1120. The first-order chi connectivity index (χ1) is 15.5. The van der Waals surface area contributed by atoms with Crippen LogP contribution in [-0.4, -0.2) is 24.8 Å². The number of carbonyl (C=O) groups excluding carboxylic acids is 2. The molecule has 8 heteroatoms. The number of nitrogens with zero attached hydrogens (tertiary/aromatic N) is 1. The summed E-state index contributed by atoms with van der Waals surface area (Å²) in [5.74, 6) is -0.0490. The van der Waals surface area contributed by atoms with Gasteiger partial charge in [-0.05, 0) is 73.2 Å². The van der Waals surface area contributed by atoms with Crippen molar-refractivity contribution >= 4 is 29.4 Å². The Labute approximate surface area is 189 Å². The molecule has 2 atom stereocenters. The predicted molar refractivity (Wildman–Crippen MR) is 116 cm³/mol. The van der Waals surface area contributed by atoms with Crippen molar-refractivity contribution in [3.63, 3.8) is 0 Å². The van der Waals surface area contributed by atoms with Crippen LogP contribution in [0.1, 0.15) is 18.5 Å². The monoisotopic (exact) mass is 455 g/mol. The smallest absolute Gasteiger partial charge is 0.415 e. The number of amides is 1. The van der Waals surface area contributed by atoms with Gasteiger partial charge in [0.15, 0.2) is 0 Å². The third-order valence-electron chi connectivity index (χ3n) is 4.86. The molecule has 1 fully saturated rings. The molecule has 2 unspecified atom stereocenters. The molecule has 0 bridgehead atoms. The van der Waals surface area contributed by atoms with Crippen molar-refractivity contribution in [1.29, 1.82) is 0 Å². The fraction of sp³-hybridized carbons (Fsp3) is 0.167. The highest BCUT2D eigenvalue weighted by atomic mass is 35.5. The van der Waals surface area contributed by atoms with Crippen LogP contribution in [0.25, 0.3) is 0 Å². The van der Waals surface area contributed by atoms with Crippen LogP contribution in [0.2, 0.25) is 5.02 Å². The molecule has 1 amide bonds. The molecule has 1 aliphatic rings. The Morgan fingerprint density at radius 1 is 1.06 bits per heavy atom. The molecule has 3 aromatic rings. The molecule has 1 heterocycles. The van der Waals surface area contributed by atoms with Crippen LogP contribution in [0.5, 0.6) is 11.5 Å². The highest BCUT2D eigenvalue weighted by molar-refractivity contribution is 6.30. The molecule has 0 radical (unpaired) electrons. The molecule has 3 aromatic carbocycles. The number of rotatable bonds is 6. The lowest BCUT2D eigenvalue weighted by Crippen LogP contribution is -2.33. The zero-order valence-corrected chi connectivity index (χ0v) is 17.8. The maximum Gasteiger partial charge on any atom is 0.415 e. The van der Waals surface area contributed by atoms with Gasteiger partial charge in [0.1, 0.15) is 23.4 Å². The van der Waals surface area contributed by atoms with E-state index in [1.807, 2.05) is 0 Å².